The number of carboxylic acids is 1. The monoisotopic (exact) mass is 236 g/mol. The Kier molecular flexibility index (Phi) is 4.82. The Labute approximate surface area is 102 Å². The predicted molar refractivity (Wildman–Crippen MR) is 70.4 cm³/mol. The molecule has 0 aliphatic rings. The first-order chi connectivity index (χ1) is 8.04. The summed E-state index contributed by atoms with van der Waals surface area (Å²) >= 11 is 0. The number of aromatic carboxylic acids is 1. The number of nitrogens with one attached hydrogen (secondary N) is 1. The molecule has 0 aliphatic carbocycles. The summed E-state index contributed by atoms with van der Waals surface area (Å²) in [6.07, 6.45) is 3.30. The van der Waals surface area contributed by atoms with Gasteiger partial charge in [-0.2, -0.15) is 0 Å². The second-order valence-corrected chi connectivity index (χ2v) is 4.30. The zero-order valence-corrected chi connectivity index (χ0v) is 10.4. The standard InChI is InChI=1S/C13H20N2O2/c1-3-4-5-9(2)15-12-7-6-10(14)8-11(12)13(16)17/h6-9,15H,3-5,14H2,1-2H3,(H,16,17). The van der Waals surface area contributed by atoms with E-state index in [4.69, 9.17) is 10.8 Å². The van der Waals surface area contributed by atoms with Crippen molar-refractivity contribution in [2.24, 2.45) is 0 Å². The molecule has 94 valence electrons. The lowest BCUT2D eigenvalue weighted by Gasteiger charge is -2.16. The van der Waals surface area contributed by atoms with Gasteiger partial charge in [0.15, 0.2) is 0 Å². The highest BCUT2D eigenvalue weighted by Gasteiger charge is 2.12. The first-order valence-electron chi connectivity index (χ1n) is 5.94. The molecule has 0 saturated carbocycles. The second kappa shape index (κ2) is 6.13. The quantitative estimate of drug-likeness (QED) is 0.664. The first-order valence-corrected chi connectivity index (χ1v) is 5.94. The Hall–Kier alpha value is -1.71. The molecule has 0 amide bonds. The van der Waals surface area contributed by atoms with Crippen molar-refractivity contribution in [2.45, 2.75) is 39.2 Å². The van der Waals surface area contributed by atoms with Gasteiger partial charge in [0.2, 0.25) is 0 Å². The normalized spacial score (nSPS) is 12.1. The van der Waals surface area contributed by atoms with Crippen molar-refractivity contribution >= 4 is 17.3 Å². The van der Waals surface area contributed by atoms with E-state index in [1.807, 2.05) is 0 Å². The maximum Gasteiger partial charge on any atom is 0.337 e. The van der Waals surface area contributed by atoms with Gasteiger partial charge in [-0.15, -0.1) is 0 Å². The molecule has 0 aromatic heterocycles. The molecule has 4 heteroatoms. The van der Waals surface area contributed by atoms with Gasteiger partial charge < -0.3 is 16.2 Å². The van der Waals surface area contributed by atoms with Gasteiger partial charge in [0.05, 0.1) is 5.56 Å². The average Bonchev–Trinajstić information content (AvgIpc) is 2.28. The fourth-order valence-corrected chi connectivity index (χ4v) is 1.71. The van der Waals surface area contributed by atoms with Gasteiger partial charge in [-0.25, -0.2) is 4.79 Å². The van der Waals surface area contributed by atoms with E-state index in [1.165, 1.54) is 6.07 Å². The number of carbonyl (C=O) groups is 1. The number of carboxylic acid groups (broad SMARTS) is 1. The molecule has 0 bridgehead atoms. The predicted octanol–water partition coefficient (Wildman–Crippen LogP) is 2.96. The maximum absolute atomic E-state index is 11.1. The van der Waals surface area contributed by atoms with Crippen molar-refractivity contribution in [3.63, 3.8) is 0 Å². The highest BCUT2D eigenvalue weighted by atomic mass is 16.4. The number of rotatable bonds is 6. The summed E-state index contributed by atoms with van der Waals surface area (Å²) < 4.78 is 0. The third-order valence-electron chi connectivity index (χ3n) is 2.67. The molecule has 1 atom stereocenters. The van der Waals surface area contributed by atoms with E-state index in [0.29, 0.717) is 11.4 Å². The van der Waals surface area contributed by atoms with Crippen molar-refractivity contribution in [3.05, 3.63) is 23.8 Å². The molecule has 1 aromatic rings. The topological polar surface area (TPSA) is 75.3 Å². The summed E-state index contributed by atoms with van der Waals surface area (Å²) in [6.45, 7) is 4.19. The summed E-state index contributed by atoms with van der Waals surface area (Å²) in [4.78, 5) is 11.1. The summed E-state index contributed by atoms with van der Waals surface area (Å²) in [5.74, 6) is -0.956. The lowest BCUT2D eigenvalue weighted by atomic mass is 10.1. The molecular weight excluding hydrogens is 216 g/mol. The van der Waals surface area contributed by atoms with E-state index in [-0.39, 0.29) is 11.6 Å². The van der Waals surface area contributed by atoms with Gasteiger partial charge in [-0.1, -0.05) is 19.8 Å². The maximum atomic E-state index is 11.1. The Bertz CT molecular complexity index is 391. The highest BCUT2D eigenvalue weighted by Crippen LogP contribution is 2.20. The molecule has 4 nitrogen and oxygen atoms in total. The van der Waals surface area contributed by atoms with Crippen LogP contribution >= 0.6 is 0 Å². The summed E-state index contributed by atoms with van der Waals surface area (Å²) in [5, 5.41) is 12.3. The zero-order chi connectivity index (χ0) is 12.8. The molecule has 0 radical (unpaired) electrons. The van der Waals surface area contributed by atoms with Gasteiger partial charge in [-0.3, -0.25) is 0 Å². The van der Waals surface area contributed by atoms with Crippen LogP contribution in [0.4, 0.5) is 11.4 Å². The number of unbranched alkanes of at least 4 members (excludes halogenated alkanes) is 1. The zero-order valence-electron chi connectivity index (χ0n) is 10.4. The van der Waals surface area contributed by atoms with Crippen LogP contribution in [0.1, 0.15) is 43.5 Å². The van der Waals surface area contributed by atoms with Crippen molar-refractivity contribution in [1.29, 1.82) is 0 Å². The minimum absolute atomic E-state index is 0.230. The Morgan fingerprint density at radius 3 is 2.82 bits per heavy atom. The van der Waals surface area contributed by atoms with Crippen LogP contribution in [-0.2, 0) is 0 Å². The molecule has 0 spiro atoms. The largest absolute Gasteiger partial charge is 0.478 e. The van der Waals surface area contributed by atoms with Crippen LogP contribution in [0.3, 0.4) is 0 Å². The average molecular weight is 236 g/mol. The van der Waals surface area contributed by atoms with Gasteiger partial charge in [-0.05, 0) is 31.5 Å². The molecule has 1 aromatic carbocycles. The van der Waals surface area contributed by atoms with E-state index in [1.54, 1.807) is 12.1 Å². The minimum atomic E-state index is -0.956. The number of nitrogens with two attached hydrogens (primary N) is 1. The minimum Gasteiger partial charge on any atom is -0.478 e. The van der Waals surface area contributed by atoms with Crippen LogP contribution in [-0.4, -0.2) is 17.1 Å². The summed E-state index contributed by atoms with van der Waals surface area (Å²) in [7, 11) is 0. The van der Waals surface area contributed by atoms with Gasteiger partial charge in [0.25, 0.3) is 0 Å². The van der Waals surface area contributed by atoms with Crippen LogP contribution < -0.4 is 11.1 Å². The van der Waals surface area contributed by atoms with E-state index < -0.39 is 5.97 Å². The number of nitrogen functional groups attached to an aromatic ring is 1. The molecule has 4 N–H and O–H groups in total. The number of anilines is 2. The SMILES string of the molecule is CCCCC(C)Nc1ccc(N)cc1C(=O)O. The number of hydrogen-bond donors (Lipinski definition) is 3. The Morgan fingerprint density at radius 2 is 2.24 bits per heavy atom. The fraction of sp³-hybridized carbons (Fsp3) is 0.462. The van der Waals surface area contributed by atoms with Gasteiger partial charge in [0.1, 0.15) is 0 Å². The van der Waals surface area contributed by atoms with E-state index in [9.17, 15) is 4.79 Å². The third kappa shape index (κ3) is 3.98. The van der Waals surface area contributed by atoms with Crippen molar-refractivity contribution in [2.75, 3.05) is 11.1 Å². The molecule has 1 rings (SSSR count). The summed E-state index contributed by atoms with van der Waals surface area (Å²) in [5.41, 5.74) is 6.92. The van der Waals surface area contributed by atoms with Crippen LogP contribution in [0, 0.1) is 0 Å². The Morgan fingerprint density at radius 1 is 1.53 bits per heavy atom. The molecule has 0 heterocycles. The number of hydrogen-bond acceptors (Lipinski definition) is 3. The number of benzene rings is 1. The van der Waals surface area contributed by atoms with E-state index in [0.717, 1.165) is 19.3 Å². The fourth-order valence-electron chi connectivity index (χ4n) is 1.71. The van der Waals surface area contributed by atoms with Gasteiger partial charge in [0, 0.05) is 17.4 Å². The third-order valence-corrected chi connectivity index (χ3v) is 2.67. The lowest BCUT2D eigenvalue weighted by Crippen LogP contribution is -2.17. The molecule has 1 unspecified atom stereocenters. The molecular formula is C13H20N2O2. The smallest absolute Gasteiger partial charge is 0.337 e. The Balaban J connectivity index is 2.79. The van der Waals surface area contributed by atoms with E-state index in [2.05, 4.69) is 19.2 Å². The molecule has 0 fully saturated rings. The van der Waals surface area contributed by atoms with Crippen LogP contribution in [0.15, 0.2) is 18.2 Å². The molecule has 0 aliphatic heterocycles. The molecule has 0 saturated heterocycles. The van der Waals surface area contributed by atoms with Crippen molar-refractivity contribution in [3.8, 4) is 0 Å². The van der Waals surface area contributed by atoms with Gasteiger partial charge >= 0.3 is 5.97 Å². The van der Waals surface area contributed by atoms with E-state index >= 15 is 0 Å². The highest BCUT2D eigenvalue weighted by molar-refractivity contribution is 5.95. The van der Waals surface area contributed by atoms with Crippen molar-refractivity contribution < 1.29 is 9.90 Å². The second-order valence-electron chi connectivity index (χ2n) is 4.30. The summed E-state index contributed by atoms with van der Waals surface area (Å²) in [6, 6.07) is 5.18. The van der Waals surface area contributed by atoms with Crippen LogP contribution in [0.5, 0.6) is 0 Å². The van der Waals surface area contributed by atoms with Crippen LogP contribution in [0.2, 0.25) is 0 Å². The lowest BCUT2D eigenvalue weighted by molar-refractivity contribution is 0.0698. The van der Waals surface area contributed by atoms with Crippen molar-refractivity contribution in [1.82, 2.24) is 0 Å². The van der Waals surface area contributed by atoms with Crippen LogP contribution in [0.25, 0.3) is 0 Å². The molecule has 17 heavy (non-hydrogen) atoms. The first kappa shape index (κ1) is 13.4.